The highest BCUT2D eigenvalue weighted by molar-refractivity contribution is 5.94. The van der Waals surface area contributed by atoms with Crippen LogP contribution in [0.15, 0.2) is 30.3 Å². The number of carbonyl (C=O) groups excluding carboxylic acids is 3. The van der Waals surface area contributed by atoms with E-state index < -0.39 is 66.2 Å². The van der Waals surface area contributed by atoms with Crippen LogP contribution in [0.4, 0.5) is 0 Å². The minimum Gasteiger partial charge on any atom is -0.481 e. The van der Waals surface area contributed by atoms with Gasteiger partial charge in [0.05, 0.1) is 12.5 Å². The normalized spacial score (nSPS) is 14.1. The Labute approximate surface area is 213 Å². The monoisotopic (exact) mass is 522 g/mol. The van der Waals surface area contributed by atoms with Crippen molar-refractivity contribution in [3.8, 4) is 0 Å². The number of aliphatic carboxylic acids is 3. The third-order valence-electron chi connectivity index (χ3n) is 5.26. The van der Waals surface area contributed by atoms with Crippen molar-refractivity contribution in [3.05, 3.63) is 35.9 Å². The maximum absolute atomic E-state index is 13.2. The summed E-state index contributed by atoms with van der Waals surface area (Å²) in [6, 6.07) is 3.22. The van der Waals surface area contributed by atoms with E-state index >= 15 is 0 Å². The SMILES string of the molecule is CC(C)CC(NC(=O)C(N)CCC(=O)O)C(=O)NC(Cc1ccccc1)C(=O)NC(CC(=O)O)C(=O)O. The van der Waals surface area contributed by atoms with Crippen LogP contribution in [0.5, 0.6) is 0 Å². The van der Waals surface area contributed by atoms with Gasteiger partial charge in [0.15, 0.2) is 0 Å². The molecule has 204 valence electrons. The Hall–Kier alpha value is -4.00. The maximum atomic E-state index is 13.2. The molecule has 0 aliphatic carbocycles. The van der Waals surface area contributed by atoms with Gasteiger partial charge in [-0.25, -0.2) is 4.79 Å². The second kappa shape index (κ2) is 15.2. The van der Waals surface area contributed by atoms with Crippen LogP contribution in [-0.2, 0) is 35.2 Å². The molecular formula is C24H34N4O9. The first-order chi connectivity index (χ1) is 17.3. The molecule has 0 bridgehead atoms. The lowest BCUT2D eigenvalue weighted by atomic mass is 10.00. The summed E-state index contributed by atoms with van der Waals surface area (Å²) >= 11 is 0. The summed E-state index contributed by atoms with van der Waals surface area (Å²) < 4.78 is 0. The number of hydrogen-bond acceptors (Lipinski definition) is 7. The minimum absolute atomic E-state index is 0.0434. The van der Waals surface area contributed by atoms with Gasteiger partial charge in [0.2, 0.25) is 17.7 Å². The average molecular weight is 523 g/mol. The number of benzene rings is 1. The summed E-state index contributed by atoms with van der Waals surface area (Å²) in [4.78, 5) is 71.8. The molecule has 1 rings (SSSR count). The summed E-state index contributed by atoms with van der Waals surface area (Å²) in [5.74, 6) is -6.58. The Balaban J connectivity index is 3.10. The van der Waals surface area contributed by atoms with Crippen LogP contribution in [0.3, 0.4) is 0 Å². The van der Waals surface area contributed by atoms with Crippen molar-refractivity contribution in [3.63, 3.8) is 0 Å². The van der Waals surface area contributed by atoms with Crippen molar-refractivity contribution in [1.29, 1.82) is 0 Å². The smallest absolute Gasteiger partial charge is 0.326 e. The number of nitrogens with two attached hydrogens (primary N) is 1. The Morgan fingerprint density at radius 1 is 0.784 bits per heavy atom. The average Bonchev–Trinajstić information content (AvgIpc) is 2.80. The molecule has 3 amide bonds. The Bertz CT molecular complexity index is 968. The minimum atomic E-state index is -1.72. The molecule has 0 heterocycles. The molecule has 0 radical (unpaired) electrons. The zero-order valence-corrected chi connectivity index (χ0v) is 20.7. The molecule has 4 atom stereocenters. The van der Waals surface area contributed by atoms with Crippen LogP contribution < -0.4 is 21.7 Å². The standard InChI is InChI=1S/C24H34N4O9/c1-13(2)10-16(26-21(33)15(25)8-9-19(29)30)22(34)27-17(11-14-6-4-3-5-7-14)23(35)28-18(24(36)37)12-20(31)32/h3-7,13,15-18H,8-12,25H2,1-2H3,(H,26,33)(H,27,34)(H,28,35)(H,29,30)(H,31,32)(H,36,37). The van der Waals surface area contributed by atoms with Crippen LogP contribution in [0.1, 0.15) is 45.1 Å². The summed E-state index contributed by atoms with van der Waals surface area (Å²) in [5.41, 5.74) is 6.38. The van der Waals surface area contributed by atoms with E-state index in [0.717, 1.165) is 0 Å². The molecule has 13 heteroatoms. The summed E-state index contributed by atoms with van der Waals surface area (Å²) in [5, 5.41) is 34.2. The van der Waals surface area contributed by atoms with Crippen LogP contribution >= 0.6 is 0 Å². The molecule has 0 aromatic heterocycles. The van der Waals surface area contributed by atoms with Crippen molar-refractivity contribution in [2.75, 3.05) is 0 Å². The number of carbonyl (C=O) groups is 6. The molecule has 37 heavy (non-hydrogen) atoms. The predicted octanol–water partition coefficient (Wildman–Crippen LogP) is -0.519. The fourth-order valence-corrected chi connectivity index (χ4v) is 3.37. The molecule has 0 fully saturated rings. The van der Waals surface area contributed by atoms with E-state index in [1.807, 2.05) is 0 Å². The number of hydrogen-bond donors (Lipinski definition) is 7. The van der Waals surface area contributed by atoms with Gasteiger partial charge in [-0.15, -0.1) is 0 Å². The Morgan fingerprint density at radius 2 is 1.32 bits per heavy atom. The number of rotatable bonds is 16. The number of carboxylic acids is 3. The number of amides is 3. The molecule has 0 saturated heterocycles. The molecule has 1 aromatic rings. The van der Waals surface area contributed by atoms with Gasteiger partial charge in [-0.2, -0.15) is 0 Å². The molecule has 0 aliphatic heterocycles. The third kappa shape index (κ3) is 12.0. The van der Waals surface area contributed by atoms with Gasteiger partial charge in [-0.3, -0.25) is 24.0 Å². The largest absolute Gasteiger partial charge is 0.481 e. The van der Waals surface area contributed by atoms with E-state index in [-0.39, 0.29) is 31.6 Å². The van der Waals surface area contributed by atoms with Gasteiger partial charge >= 0.3 is 17.9 Å². The van der Waals surface area contributed by atoms with E-state index in [0.29, 0.717) is 5.56 Å². The molecule has 0 aliphatic rings. The topological polar surface area (TPSA) is 225 Å². The van der Waals surface area contributed by atoms with E-state index in [9.17, 15) is 33.9 Å². The Kier molecular flexibility index (Phi) is 12.7. The van der Waals surface area contributed by atoms with Gasteiger partial charge < -0.3 is 37.0 Å². The maximum Gasteiger partial charge on any atom is 0.326 e. The molecule has 0 spiro atoms. The van der Waals surface area contributed by atoms with Gasteiger partial charge in [-0.1, -0.05) is 44.2 Å². The molecule has 13 nitrogen and oxygen atoms in total. The first kappa shape index (κ1) is 31.0. The number of nitrogens with one attached hydrogen (secondary N) is 3. The van der Waals surface area contributed by atoms with E-state index in [1.54, 1.807) is 44.2 Å². The van der Waals surface area contributed by atoms with Crippen molar-refractivity contribution >= 4 is 35.6 Å². The van der Waals surface area contributed by atoms with Gasteiger partial charge in [0.1, 0.15) is 18.1 Å². The molecule has 1 aromatic carbocycles. The zero-order valence-electron chi connectivity index (χ0n) is 20.7. The molecular weight excluding hydrogens is 488 g/mol. The summed E-state index contributed by atoms with van der Waals surface area (Å²) in [6.45, 7) is 3.60. The summed E-state index contributed by atoms with van der Waals surface area (Å²) in [7, 11) is 0. The van der Waals surface area contributed by atoms with Gasteiger partial charge in [-0.05, 0) is 24.3 Å². The number of carboxylic acid groups (broad SMARTS) is 3. The van der Waals surface area contributed by atoms with Gasteiger partial charge in [0.25, 0.3) is 0 Å². The molecule has 0 saturated carbocycles. The molecule has 4 unspecified atom stereocenters. The van der Waals surface area contributed by atoms with Crippen molar-refractivity contribution < 1.29 is 44.1 Å². The summed E-state index contributed by atoms with van der Waals surface area (Å²) in [6.07, 6.45) is -1.22. The van der Waals surface area contributed by atoms with Crippen LogP contribution in [-0.4, -0.2) is 75.1 Å². The highest BCUT2D eigenvalue weighted by Gasteiger charge is 2.31. The van der Waals surface area contributed by atoms with Crippen LogP contribution in [0.25, 0.3) is 0 Å². The Morgan fingerprint density at radius 3 is 1.84 bits per heavy atom. The third-order valence-corrected chi connectivity index (χ3v) is 5.26. The highest BCUT2D eigenvalue weighted by Crippen LogP contribution is 2.09. The lowest BCUT2D eigenvalue weighted by Gasteiger charge is -2.26. The lowest BCUT2D eigenvalue weighted by molar-refractivity contribution is -0.147. The predicted molar refractivity (Wildman–Crippen MR) is 130 cm³/mol. The van der Waals surface area contributed by atoms with Crippen molar-refractivity contribution in [1.82, 2.24) is 16.0 Å². The zero-order chi connectivity index (χ0) is 28.1. The second-order valence-corrected chi connectivity index (χ2v) is 8.98. The van der Waals surface area contributed by atoms with E-state index in [4.69, 9.17) is 15.9 Å². The first-order valence-electron chi connectivity index (χ1n) is 11.7. The van der Waals surface area contributed by atoms with E-state index in [2.05, 4.69) is 16.0 Å². The second-order valence-electron chi connectivity index (χ2n) is 8.98. The highest BCUT2D eigenvalue weighted by atomic mass is 16.4. The van der Waals surface area contributed by atoms with Crippen LogP contribution in [0, 0.1) is 5.92 Å². The van der Waals surface area contributed by atoms with Crippen LogP contribution in [0.2, 0.25) is 0 Å². The van der Waals surface area contributed by atoms with Gasteiger partial charge in [0, 0.05) is 12.8 Å². The lowest BCUT2D eigenvalue weighted by Crippen LogP contribution is -2.58. The fourth-order valence-electron chi connectivity index (χ4n) is 3.37. The fraction of sp³-hybridized carbons (Fsp3) is 0.500. The molecule has 8 N–H and O–H groups in total. The van der Waals surface area contributed by atoms with Crippen molar-refractivity contribution in [2.24, 2.45) is 11.7 Å². The quantitative estimate of drug-likeness (QED) is 0.147. The van der Waals surface area contributed by atoms with Crippen molar-refractivity contribution in [2.45, 2.75) is 70.1 Å². The van der Waals surface area contributed by atoms with E-state index in [1.165, 1.54) is 0 Å². The first-order valence-corrected chi connectivity index (χ1v) is 11.7.